The van der Waals surface area contributed by atoms with Crippen molar-refractivity contribution in [1.29, 1.82) is 0 Å². The van der Waals surface area contributed by atoms with Gasteiger partial charge in [-0.05, 0) is 26.7 Å². The van der Waals surface area contributed by atoms with Gasteiger partial charge in [-0.2, -0.15) is 0 Å². The number of rotatable bonds is 3. The quantitative estimate of drug-likeness (QED) is 0.731. The van der Waals surface area contributed by atoms with Crippen molar-refractivity contribution in [3.63, 3.8) is 0 Å². The molecule has 0 aromatic heterocycles. The zero-order chi connectivity index (χ0) is 11.9. The lowest BCUT2D eigenvalue weighted by atomic mass is 10.2. The van der Waals surface area contributed by atoms with Crippen LogP contribution in [0.1, 0.15) is 66.2 Å². The van der Waals surface area contributed by atoms with Gasteiger partial charge in [0, 0.05) is 19.3 Å². The first kappa shape index (κ1) is 17.3. The molecule has 0 atom stereocenters. The monoisotopic (exact) mass is 218 g/mol. The molecule has 0 saturated carbocycles. The fourth-order valence-electron chi connectivity index (χ4n) is 1.01. The van der Waals surface area contributed by atoms with Crippen LogP contribution in [-0.2, 0) is 4.74 Å². The van der Waals surface area contributed by atoms with Gasteiger partial charge in [0.25, 0.3) is 0 Å². The van der Waals surface area contributed by atoms with Gasteiger partial charge in [-0.25, -0.2) is 0 Å². The Balaban J connectivity index is 0. The predicted molar refractivity (Wildman–Crippen MR) is 67.2 cm³/mol. The van der Waals surface area contributed by atoms with Gasteiger partial charge >= 0.3 is 0 Å². The van der Waals surface area contributed by atoms with Crippen molar-refractivity contribution in [3.8, 4) is 0 Å². The summed E-state index contributed by atoms with van der Waals surface area (Å²) in [7, 11) is 0. The maximum atomic E-state index is 8.06. The van der Waals surface area contributed by atoms with Crippen molar-refractivity contribution in [1.82, 2.24) is 0 Å². The number of hydrogen-bond donors (Lipinski definition) is 1. The zero-order valence-corrected chi connectivity index (χ0v) is 11.1. The highest BCUT2D eigenvalue weighted by Gasteiger charge is 1.94. The maximum absolute atomic E-state index is 8.06. The minimum absolute atomic E-state index is 0.167. The molecule has 0 spiro atoms. The van der Waals surface area contributed by atoms with Gasteiger partial charge in [0.1, 0.15) is 0 Å². The average Bonchev–Trinajstić information content (AvgIpc) is 2.71. The largest absolute Gasteiger partial charge is 0.394 e. The Morgan fingerprint density at radius 1 is 1.00 bits per heavy atom. The van der Waals surface area contributed by atoms with E-state index in [1.807, 2.05) is 0 Å². The summed E-state index contributed by atoms with van der Waals surface area (Å²) in [5.74, 6) is 0. The molecule has 1 rings (SSSR count). The van der Waals surface area contributed by atoms with Crippen molar-refractivity contribution in [2.24, 2.45) is 0 Å². The first-order valence-corrected chi connectivity index (χ1v) is 6.40. The van der Waals surface area contributed by atoms with E-state index in [1.54, 1.807) is 13.8 Å². The molecular formula is C13H30O2. The molecule has 94 valence electrons. The summed E-state index contributed by atoms with van der Waals surface area (Å²) in [6.45, 7) is 9.91. The molecule has 0 aromatic carbocycles. The van der Waals surface area contributed by atoms with E-state index in [2.05, 4.69) is 13.8 Å². The van der Waals surface area contributed by atoms with Crippen LogP contribution >= 0.6 is 0 Å². The summed E-state index contributed by atoms with van der Waals surface area (Å²) in [6, 6.07) is 0. The highest BCUT2D eigenvalue weighted by atomic mass is 16.5. The highest BCUT2D eigenvalue weighted by Crippen LogP contribution is 1.98. The predicted octanol–water partition coefficient (Wildman–Crippen LogP) is 3.77. The molecule has 0 radical (unpaired) electrons. The molecule has 0 bridgehead atoms. The van der Waals surface area contributed by atoms with E-state index in [0.717, 1.165) is 13.2 Å². The first-order valence-electron chi connectivity index (χ1n) is 6.40. The van der Waals surface area contributed by atoms with Gasteiger partial charge in [-0.1, -0.05) is 39.5 Å². The van der Waals surface area contributed by atoms with Crippen LogP contribution < -0.4 is 0 Å². The molecule has 0 amide bonds. The molecule has 15 heavy (non-hydrogen) atoms. The van der Waals surface area contributed by atoms with E-state index in [9.17, 15) is 0 Å². The van der Waals surface area contributed by atoms with Crippen molar-refractivity contribution in [2.45, 2.75) is 72.3 Å². The highest BCUT2D eigenvalue weighted by molar-refractivity contribution is 4.43. The smallest absolute Gasteiger partial charge is 0.0483 e. The minimum Gasteiger partial charge on any atom is -0.394 e. The van der Waals surface area contributed by atoms with Gasteiger partial charge in [-0.3, -0.25) is 0 Å². The summed E-state index contributed by atoms with van der Waals surface area (Å²) in [4.78, 5) is 0. The van der Waals surface area contributed by atoms with Gasteiger partial charge in [0.05, 0.1) is 0 Å². The minimum atomic E-state index is -0.167. The van der Waals surface area contributed by atoms with Crippen LogP contribution in [0.3, 0.4) is 0 Å². The van der Waals surface area contributed by atoms with Gasteiger partial charge in [0.15, 0.2) is 0 Å². The Hall–Kier alpha value is -0.0800. The lowest BCUT2D eigenvalue weighted by molar-refractivity contribution is 0.198. The molecule has 1 saturated heterocycles. The Bertz CT molecular complexity index is 74.2. The summed E-state index contributed by atoms with van der Waals surface area (Å²) in [5.41, 5.74) is 0. The van der Waals surface area contributed by atoms with Gasteiger partial charge in [-0.15, -0.1) is 0 Å². The molecular weight excluding hydrogens is 188 g/mol. The fraction of sp³-hybridized carbons (Fsp3) is 1.00. The third-order valence-electron chi connectivity index (χ3n) is 1.78. The van der Waals surface area contributed by atoms with Crippen molar-refractivity contribution >= 4 is 0 Å². The molecule has 1 aliphatic heterocycles. The van der Waals surface area contributed by atoms with E-state index < -0.39 is 0 Å². The van der Waals surface area contributed by atoms with Crippen LogP contribution in [0.4, 0.5) is 0 Å². The van der Waals surface area contributed by atoms with Crippen molar-refractivity contribution in [2.75, 3.05) is 13.2 Å². The SMILES string of the molecule is C1CCOC1.CC(C)O.CCCCCC. The van der Waals surface area contributed by atoms with Crippen LogP contribution in [0.5, 0.6) is 0 Å². The summed E-state index contributed by atoms with van der Waals surface area (Å²) < 4.78 is 4.94. The number of hydrogen-bond acceptors (Lipinski definition) is 2. The third kappa shape index (κ3) is 31.5. The van der Waals surface area contributed by atoms with Crippen LogP contribution in [-0.4, -0.2) is 24.4 Å². The second-order valence-electron chi connectivity index (χ2n) is 4.12. The molecule has 0 aromatic rings. The number of ether oxygens (including phenoxy) is 1. The standard InChI is InChI=1S/C6H14.C4H8O.C3H8O/c1-3-5-6-4-2;1-2-4-5-3-1;1-3(2)4/h3-6H2,1-2H3;1-4H2;3-4H,1-2H3. The second-order valence-corrected chi connectivity index (χ2v) is 4.12. The summed E-state index contributed by atoms with van der Waals surface area (Å²) in [6.07, 6.45) is 7.93. The number of aliphatic hydroxyl groups excluding tert-OH is 1. The third-order valence-corrected chi connectivity index (χ3v) is 1.78. The molecule has 0 aliphatic carbocycles. The first-order chi connectivity index (χ1) is 7.15. The van der Waals surface area contributed by atoms with Gasteiger partial charge < -0.3 is 9.84 Å². The molecule has 0 unspecified atom stereocenters. The van der Waals surface area contributed by atoms with E-state index in [1.165, 1.54) is 38.5 Å². The Morgan fingerprint density at radius 3 is 1.47 bits per heavy atom. The molecule has 2 heteroatoms. The Morgan fingerprint density at radius 2 is 1.33 bits per heavy atom. The van der Waals surface area contributed by atoms with E-state index in [-0.39, 0.29) is 6.10 Å². The summed E-state index contributed by atoms with van der Waals surface area (Å²) in [5, 5.41) is 8.06. The van der Waals surface area contributed by atoms with Crippen LogP contribution in [0.15, 0.2) is 0 Å². The lowest BCUT2D eigenvalue weighted by Crippen LogP contribution is -1.85. The number of aliphatic hydroxyl groups is 1. The molecule has 1 heterocycles. The molecule has 1 fully saturated rings. The average molecular weight is 218 g/mol. The van der Waals surface area contributed by atoms with Crippen LogP contribution in [0.25, 0.3) is 0 Å². The molecule has 2 nitrogen and oxygen atoms in total. The van der Waals surface area contributed by atoms with E-state index in [4.69, 9.17) is 9.84 Å². The Kier molecular flexibility index (Phi) is 18.9. The second kappa shape index (κ2) is 16.4. The van der Waals surface area contributed by atoms with Crippen molar-refractivity contribution in [3.05, 3.63) is 0 Å². The van der Waals surface area contributed by atoms with Gasteiger partial charge in [0.2, 0.25) is 0 Å². The normalized spacial score (nSPS) is 14.0. The van der Waals surface area contributed by atoms with Crippen LogP contribution in [0.2, 0.25) is 0 Å². The van der Waals surface area contributed by atoms with E-state index >= 15 is 0 Å². The topological polar surface area (TPSA) is 29.5 Å². The molecule has 1 N–H and O–H groups in total. The molecule has 1 aliphatic rings. The lowest BCUT2D eigenvalue weighted by Gasteiger charge is -1.86. The zero-order valence-electron chi connectivity index (χ0n) is 11.1. The maximum Gasteiger partial charge on any atom is 0.0483 e. The van der Waals surface area contributed by atoms with Crippen LogP contribution in [0, 0.1) is 0 Å². The summed E-state index contributed by atoms with van der Waals surface area (Å²) >= 11 is 0. The number of unbranched alkanes of at least 4 members (excludes halogenated alkanes) is 3. The van der Waals surface area contributed by atoms with E-state index in [0.29, 0.717) is 0 Å². The van der Waals surface area contributed by atoms with Crippen molar-refractivity contribution < 1.29 is 9.84 Å². The fourth-order valence-corrected chi connectivity index (χ4v) is 1.01. The Labute approximate surface area is 96.0 Å².